The Kier molecular flexibility index (Phi) is 6.64. The minimum Gasteiger partial charge on any atom is -0.496 e. The molecule has 6 nitrogen and oxygen atoms in total. The Morgan fingerprint density at radius 3 is 2.48 bits per heavy atom. The predicted molar refractivity (Wildman–Crippen MR) is 116 cm³/mol. The molecule has 2 amide bonds. The molecule has 1 heterocycles. The molecule has 3 aromatic rings. The maximum absolute atomic E-state index is 12.4. The second-order valence-corrected chi connectivity index (χ2v) is 7.38. The average Bonchev–Trinajstić information content (AvgIpc) is 3.27. The highest BCUT2D eigenvalue weighted by molar-refractivity contribution is 7.12. The molecule has 0 radical (unpaired) electrons. The van der Waals surface area contributed by atoms with Gasteiger partial charge in [-0.15, -0.1) is 11.3 Å². The van der Waals surface area contributed by atoms with E-state index in [-0.39, 0.29) is 5.91 Å². The molecule has 3 rings (SSSR count). The Morgan fingerprint density at radius 1 is 1.07 bits per heavy atom. The van der Waals surface area contributed by atoms with Gasteiger partial charge in [0.2, 0.25) is 0 Å². The Hall–Kier alpha value is -3.16. The number of amides is 2. The van der Waals surface area contributed by atoms with Crippen molar-refractivity contribution in [1.29, 1.82) is 0 Å². The molecule has 0 aliphatic carbocycles. The first kappa shape index (κ1) is 20.6. The van der Waals surface area contributed by atoms with Gasteiger partial charge in [-0.2, -0.15) is 5.10 Å². The summed E-state index contributed by atoms with van der Waals surface area (Å²) < 4.78 is 5.18. The molecule has 0 unspecified atom stereocenters. The molecule has 0 aliphatic rings. The zero-order chi connectivity index (χ0) is 20.8. The molecular weight excluding hydrogens is 410 g/mol. The third-order valence-electron chi connectivity index (χ3n) is 4.04. The predicted octanol–water partition coefficient (Wildman–Crippen LogP) is 4.82. The maximum atomic E-state index is 12.4. The fraction of sp³-hybridized carbons (Fsp3) is 0.0952. The molecule has 0 aliphatic heterocycles. The van der Waals surface area contributed by atoms with Gasteiger partial charge in [-0.1, -0.05) is 29.8 Å². The molecule has 0 atom stereocenters. The lowest BCUT2D eigenvalue weighted by Crippen LogP contribution is -2.20. The number of nitrogens with zero attached hydrogens (tertiary/aromatic N) is 1. The first-order valence-electron chi connectivity index (χ1n) is 8.61. The molecule has 0 fully saturated rings. The maximum Gasteiger partial charge on any atom is 0.275 e. The Labute approximate surface area is 177 Å². The van der Waals surface area contributed by atoms with Crippen LogP contribution in [0.25, 0.3) is 0 Å². The number of halogens is 1. The second kappa shape index (κ2) is 9.36. The van der Waals surface area contributed by atoms with Gasteiger partial charge < -0.3 is 10.1 Å². The highest BCUT2D eigenvalue weighted by atomic mass is 35.5. The number of thiophene rings is 1. The fourth-order valence-electron chi connectivity index (χ4n) is 2.51. The van der Waals surface area contributed by atoms with Crippen LogP contribution in [-0.2, 0) is 0 Å². The van der Waals surface area contributed by atoms with Gasteiger partial charge in [0.05, 0.1) is 23.3 Å². The molecule has 0 spiro atoms. The SMILES string of the molecule is COc1ccc(Cl)cc1C(=O)N/N=C(\C)c1ccc(NC(=O)c2cccs2)cc1. The van der Waals surface area contributed by atoms with Gasteiger partial charge in [0.1, 0.15) is 5.75 Å². The van der Waals surface area contributed by atoms with Crippen molar-refractivity contribution >= 4 is 46.2 Å². The number of carbonyl (C=O) groups excluding carboxylic acids is 2. The van der Waals surface area contributed by atoms with E-state index < -0.39 is 5.91 Å². The van der Waals surface area contributed by atoms with Gasteiger partial charge >= 0.3 is 0 Å². The third kappa shape index (κ3) is 5.22. The molecule has 29 heavy (non-hydrogen) atoms. The van der Waals surface area contributed by atoms with Gasteiger partial charge in [0.25, 0.3) is 11.8 Å². The lowest BCUT2D eigenvalue weighted by Gasteiger charge is -2.08. The summed E-state index contributed by atoms with van der Waals surface area (Å²) in [5, 5.41) is 9.26. The first-order chi connectivity index (χ1) is 14.0. The molecule has 2 N–H and O–H groups in total. The first-order valence-corrected chi connectivity index (χ1v) is 9.87. The number of methoxy groups -OCH3 is 1. The van der Waals surface area contributed by atoms with Crippen LogP contribution in [0.15, 0.2) is 65.1 Å². The lowest BCUT2D eigenvalue weighted by molar-refractivity contribution is 0.0951. The zero-order valence-electron chi connectivity index (χ0n) is 15.7. The average molecular weight is 428 g/mol. The fourth-order valence-corrected chi connectivity index (χ4v) is 3.30. The molecule has 148 valence electrons. The highest BCUT2D eigenvalue weighted by Gasteiger charge is 2.13. The van der Waals surface area contributed by atoms with Gasteiger partial charge in [0.15, 0.2) is 0 Å². The molecule has 0 saturated carbocycles. The topological polar surface area (TPSA) is 79.8 Å². The van der Waals surface area contributed by atoms with Gasteiger partial charge in [-0.3, -0.25) is 9.59 Å². The zero-order valence-corrected chi connectivity index (χ0v) is 17.3. The van der Waals surface area contributed by atoms with Gasteiger partial charge in [-0.05, 0) is 54.3 Å². The van der Waals surface area contributed by atoms with Crippen molar-refractivity contribution in [3.8, 4) is 5.75 Å². The van der Waals surface area contributed by atoms with Crippen molar-refractivity contribution in [1.82, 2.24) is 5.43 Å². The number of nitrogens with one attached hydrogen (secondary N) is 2. The molecular formula is C21H18ClN3O3S. The van der Waals surface area contributed by atoms with E-state index in [4.69, 9.17) is 16.3 Å². The van der Waals surface area contributed by atoms with E-state index in [1.165, 1.54) is 24.5 Å². The molecule has 8 heteroatoms. The van der Waals surface area contributed by atoms with E-state index in [1.54, 1.807) is 37.3 Å². The quantitative estimate of drug-likeness (QED) is 0.437. The van der Waals surface area contributed by atoms with Gasteiger partial charge in [0, 0.05) is 10.7 Å². The van der Waals surface area contributed by atoms with Crippen LogP contribution in [0.4, 0.5) is 5.69 Å². The van der Waals surface area contributed by atoms with E-state index in [9.17, 15) is 9.59 Å². The van der Waals surface area contributed by atoms with Crippen molar-refractivity contribution in [2.24, 2.45) is 5.10 Å². The highest BCUT2D eigenvalue weighted by Crippen LogP contribution is 2.22. The Morgan fingerprint density at radius 2 is 1.83 bits per heavy atom. The van der Waals surface area contributed by atoms with Crippen LogP contribution in [0, 0.1) is 0 Å². The lowest BCUT2D eigenvalue weighted by atomic mass is 10.1. The number of hydrazone groups is 1. The molecule has 0 bridgehead atoms. The Bertz CT molecular complexity index is 1050. The van der Waals surface area contributed by atoms with Crippen LogP contribution >= 0.6 is 22.9 Å². The van der Waals surface area contributed by atoms with Crippen molar-refractivity contribution in [2.75, 3.05) is 12.4 Å². The summed E-state index contributed by atoms with van der Waals surface area (Å²) in [6.45, 7) is 1.77. The van der Waals surface area contributed by atoms with Crippen LogP contribution in [-0.4, -0.2) is 24.6 Å². The summed E-state index contributed by atoms with van der Waals surface area (Å²) in [7, 11) is 1.48. The number of hydrogen-bond acceptors (Lipinski definition) is 5. The molecule has 0 saturated heterocycles. The van der Waals surface area contributed by atoms with Crippen LogP contribution in [0.3, 0.4) is 0 Å². The van der Waals surface area contributed by atoms with Crippen LogP contribution in [0.1, 0.15) is 32.5 Å². The summed E-state index contributed by atoms with van der Waals surface area (Å²) >= 11 is 7.34. The summed E-state index contributed by atoms with van der Waals surface area (Å²) in [6.07, 6.45) is 0. The smallest absolute Gasteiger partial charge is 0.275 e. The van der Waals surface area contributed by atoms with Crippen LogP contribution in [0.2, 0.25) is 5.02 Å². The standard InChI is InChI=1S/C21H18ClN3O3S/c1-13(24-25-20(26)17-12-15(22)7-10-18(17)28-2)14-5-8-16(9-6-14)23-21(27)19-4-3-11-29-19/h3-12H,1-2H3,(H,23,27)(H,25,26)/b24-13+. The monoisotopic (exact) mass is 427 g/mol. The second-order valence-electron chi connectivity index (χ2n) is 5.99. The van der Waals surface area contributed by atoms with Crippen molar-refractivity contribution < 1.29 is 14.3 Å². The number of anilines is 1. The third-order valence-corrected chi connectivity index (χ3v) is 5.14. The van der Waals surface area contributed by atoms with E-state index in [0.717, 1.165) is 5.56 Å². The minimum absolute atomic E-state index is 0.152. The van der Waals surface area contributed by atoms with Crippen LogP contribution in [0.5, 0.6) is 5.75 Å². The number of ether oxygens (including phenoxy) is 1. The summed E-state index contributed by atoms with van der Waals surface area (Å²) in [5.41, 5.74) is 4.89. The van der Waals surface area contributed by atoms with E-state index >= 15 is 0 Å². The number of rotatable bonds is 6. The van der Waals surface area contributed by atoms with Crippen LogP contribution < -0.4 is 15.5 Å². The van der Waals surface area contributed by atoms with Crippen molar-refractivity contribution in [3.05, 3.63) is 81.0 Å². The van der Waals surface area contributed by atoms with E-state index in [1.807, 2.05) is 23.6 Å². The van der Waals surface area contributed by atoms with E-state index in [2.05, 4.69) is 15.8 Å². The largest absolute Gasteiger partial charge is 0.496 e. The molecule has 2 aromatic carbocycles. The number of benzene rings is 2. The summed E-state index contributed by atoms with van der Waals surface area (Å²) in [4.78, 5) is 25.1. The number of carbonyl (C=O) groups is 2. The van der Waals surface area contributed by atoms with Gasteiger partial charge in [-0.25, -0.2) is 5.43 Å². The summed E-state index contributed by atoms with van der Waals surface area (Å²) in [6, 6.07) is 15.6. The minimum atomic E-state index is -0.427. The Balaban J connectivity index is 1.66. The van der Waals surface area contributed by atoms with E-state index in [0.29, 0.717) is 32.6 Å². The number of hydrogen-bond donors (Lipinski definition) is 2. The van der Waals surface area contributed by atoms with Crippen molar-refractivity contribution in [2.45, 2.75) is 6.92 Å². The van der Waals surface area contributed by atoms with Crippen molar-refractivity contribution in [3.63, 3.8) is 0 Å². The summed E-state index contributed by atoms with van der Waals surface area (Å²) in [5.74, 6) is -0.171. The normalized spacial score (nSPS) is 11.1. The molecule has 1 aromatic heterocycles.